The largest absolute Gasteiger partial charge is 0.497 e. The van der Waals surface area contributed by atoms with Crippen molar-refractivity contribution in [3.8, 4) is 5.75 Å². The minimum atomic E-state index is -0.566. The third-order valence-electron chi connectivity index (χ3n) is 3.16. The Hall–Kier alpha value is -2.49. The van der Waals surface area contributed by atoms with Crippen molar-refractivity contribution in [2.45, 2.75) is 13.0 Å². The van der Waals surface area contributed by atoms with Crippen LogP contribution in [0.4, 0.5) is 5.69 Å². The van der Waals surface area contributed by atoms with Crippen LogP contribution in [0.15, 0.2) is 48.5 Å². The fourth-order valence-electron chi connectivity index (χ4n) is 2.09. The molecule has 0 bridgehead atoms. The monoisotopic (exact) mass is 270 g/mol. The van der Waals surface area contributed by atoms with Crippen LogP contribution in [0.5, 0.6) is 5.75 Å². The lowest BCUT2D eigenvalue weighted by molar-refractivity contribution is -0.118. The fraction of sp³-hybridized carbons (Fsp3) is 0.188. The molecule has 2 aromatic rings. The third-order valence-corrected chi connectivity index (χ3v) is 3.16. The summed E-state index contributed by atoms with van der Waals surface area (Å²) in [5, 5.41) is 3.16. The Balaban J connectivity index is 2.31. The Morgan fingerprint density at radius 1 is 1.20 bits per heavy atom. The zero-order valence-electron chi connectivity index (χ0n) is 11.6. The summed E-state index contributed by atoms with van der Waals surface area (Å²) in [6, 6.07) is 14.5. The average Bonchev–Trinajstić information content (AvgIpc) is 2.45. The van der Waals surface area contributed by atoms with E-state index in [9.17, 15) is 4.79 Å². The topological polar surface area (TPSA) is 64.3 Å². The van der Waals surface area contributed by atoms with Crippen LogP contribution < -0.4 is 15.8 Å². The van der Waals surface area contributed by atoms with E-state index in [2.05, 4.69) is 5.32 Å². The average molecular weight is 270 g/mol. The van der Waals surface area contributed by atoms with Crippen molar-refractivity contribution in [3.63, 3.8) is 0 Å². The van der Waals surface area contributed by atoms with E-state index in [-0.39, 0.29) is 0 Å². The number of rotatable bonds is 5. The highest BCUT2D eigenvalue weighted by molar-refractivity contribution is 5.85. The number of anilines is 1. The van der Waals surface area contributed by atoms with Gasteiger partial charge in [-0.05, 0) is 30.2 Å². The normalized spacial score (nSPS) is 11.7. The first kappa shape index (κ1) is 13.9. The van der Waals surface area contributed by atoms with Crippen molar-refractivity contribution in [2.24, 2.45) is 5.73 Å². The molecule has 0 radical (unpaired) electrons. The van der Waals surface area contributed by atoms with Crippen LogP contribution in [0.2, 0.25) is 0 Å². The van der Waals surface area contributed by atoms with Gasteiger partial charge in [-0.3, -0.25) is 4.79 Å². The van der Waals surface area contributed by atoms with E-state index >= 15 is 0 Å². The molecule has 4 nitrogen and oxygen atoms in total. The number of nitrogens with two attached hydrogens (primary N) is 1. The fourth-order valence-corrected chi connectivity index (χ4v) is 2.09. The number of carbonyl (C=O) groups is 1. The molecule has 0 aliphatic heterocycles. The van der Waals surface area contributed by atoms with E-state index in [4.69, 9.17) is 10.5 Å². The van der Waals surface area contributed by atoms with Crippen LogP contribution in [0, 0.1) is 6.92 Å². The smallest absolute Gasteiger partial charge is 0.244 e. The molecule has 0 heterocycles. The van der Waals surface area contributed by atoms with Crippen LogP contribution in [0.1, 0.15) is 17.2 Å². The number of benzene rings is 2. The number of ether oxygens (including phenoxy) is 1. The molecule has 1 amide bonds. The van der Waals surface area contributed by atoms with E-state index in [1.54, 1.807) is 7.11 Å². The van der Waals surface area contributed by atoms with Crippen molar-refractivity contribution in [1.82, 2.24) is 0 Å². The standard InChI is InChI=1S/C16H18N2O2/c1-11-6-3-4-9-14(11)15(16(17)19)18-12-7-5-8-13(10-12)20-2/h3-10,15,18H,1-2H3,(H2,17,19). The molecule has 0 saturated carbocycles. The minimum absolute atomic E-state index is 0.415. The molecule has 0 aliphatic rings. The summed E-state index contributed by atoms with van der Waals surface area (Å²) in [5.74, 6) is 0.310. The number of primary amides is 1. The van der Waals surface area contributed by atoms with Gasteiger partial charge in [0.2, 0.25) is 5.91 Å². The molecule has 2 rings (SSSR count). The maximum absolute atomic E-state index is 11.7. The number of amides is 1. The lowest BCUT2D eigenvalue weighted by Crippen LogP contribution is -2.28. The molecule has 4 heteroatoms. The Labute approximate surface area is 118 Å². The second-order valence-corrected chi connectivity index (χ2v) is 4.57. The number of aryl methyl sites for hydroxylation is 1. The zero-order valence-corrected chi connectivity index (χ0v) is 11.6. The van der Waals surface area contributed by atoms with Gasteiger partial charge in [0, 0.05) is 11.8 Å². The van der Waals surface area contributed by atoms with Crippen molar-refractivity contribution >= 4 is 11.6 Å². The molecule has 0 saturated heterocycles. The lowest BCUT2D eigenvalue weighted by Gasteiger charge is -2.19. The molecule has 0 fully saturated rings. The van der Waals surface area contributed by atoms with Gasteiger partial charge in [0.15, 0.2) is 0 Å². The van der Waals surface area contributed by atoms with Gasteiger partial charge in [0.25, 0.3) is 0 Å². The number of hydrogen-bond donors (Lipinski definition) is 2. The lowest BCUT2D eigenvalue weighted by atomic mass is 10.0. The molecular weight excluding hydrogens is 252 g/mol. The summed E-state index contributed by atoms with van der Waals surface area (Å²) in [5.41, 5.74) is 8.21. The number of carbonyl (C=O) groups excluding carboxylic acids is 1. The first-order chi connectivity index (χ1) is 9.61. The minimum Gasteiger partial charge on any atom is -0.497 e. The maximum Gasteiger partial charge on any atom is 0.244 e. The van der Waals surface area contributed by atoms with Crippen LogP contribution in [-0.2, 0) is 4.79 Å². The van der Waals surface area contributed by atoms with Gasteiger partial charge in [0.05, 0.1) is 7.11 Å². The van der Waals surface area contributed by atoms with Crippen LogP contribution in [0.3, 0.4) is 0 Å². The molecule has 104 valence electrons. The van der Waals surface area contributed by atoms with E-state index in [0.717, 1.165) is 22.6 Å². The van der Waals surface area contributed by atoms with Gasteiger partial charge >= 0.3 is 0 Å². The quantitative estimate of drug-likeness (QED) is 0.877. The first-order valence-corrected chi connectivity index (χ1v) is 6.37. The maximum atomic E-state index is 11.7. The second kappa shape index (κ2) is 6.10. The predicted octanol–water partition coefficient (Wildman–Crippen LogP) is 2.64. The molecule has 0 aliphatic carbocycles. The Morgan fingerprint density at radius 3 is 2.60 bits per heavy atom. The highest BCUT2D eigenvalue weighted by Gasteiger charge is 2.19. The highest BCUT2D eigenvalue weighted by atomic mass is 16.5. The van der Waals surface area contributed by atoms with Crippen molar-refractivity contribution < 1.29 is 9.53 Å². The number of hydrogen-bond acceptors (Lipinski definition) is 3. The number of methoxy groups -OCH3 is 1. The van der Waals surface area contributed by atoms with Crippen LogP contribution in [-0.4, -0.2) is 13.0 Å². The molecule has 20 heavy (non-hydrogen) atoms. The summed E-state index contributed by atoms with van der Waals surface area (Å²) in [6.45, 7) is 1.96. The van der Waals surface area contributed by atoms with Gasteiger partial charge in [-0.15, -0.1) is 0 Å². The highest BCUT2D eigenvalue weighted by Crippen LogP contribution is 2.24. The van der Waals surface area contributed by atoms with Gasteiger partial charge in [-0.2, -0.15) is 0 Å². The van der Waals surface area contributed by atoms with Gasteiger partial charge in [-0.1, -0.05) is 30.3 Å². The molecule has 2 aromatic carbocycles. The van der Waals surface area contributed by atoms with Gasteiger partial charge in [0.1, 0.15) is 11.8 Å². The summed E-state index contributed by atoms with van der Waals surface area (Å²) in [6.07, 6.45) is 0. The van der Waals surface area contributed by atoms with Gasteiger partial charge in [-0.25, -0.2) is 0 Å². The number of nitrogens with one attached hydrogen (secondary N) is 1. The summed E-state index contributed by atoms with van der Waals surface area (Å²) in [7, 11) is 1.60. The van der Waals surface area contributed by atoms with E-state index in [1.165, 1.54) is 0 Å². The molecule has 0 aromatic heterocycles. The van der Waals surface area contributed by atoms with E-state index < -0.39 is 11.9 Å². The van der Waals surface area contributed by atoms with E-state index in [0.29, 0.717) is 0 Å². The molecular formula is C16H18N2O2. The molecule has 1 unspecified atom stereocenters. The van der Waals surface area contributed by atoms with Crippen molar-refractivity contribution in [3.05, 3.63) is 59.7 Å². The summed E-state index contributed by atoms with van der Waals surface area (Å²) in [4.78, 5) is 11.7. The Bertz CT molecular complexity index is 611. The van der Waals surface area contributed by atoms with Crippen molar-refractivity contribution in [1.29, 1.82) is 0 Å². The zero-order chi connectivity index (χ0) is 14.5. The third kappa shape index (κ3) is 3.09. The molecule has 1 atom stereocenters. The van der Waals surface area contributed by atoms with E-state index in [1.807, 2.05) is 55.5 Å². The van der Waals surface area contributed by atoms with Crippen LogP contribution >= 0.6 is 0 Å². The predicted molar refractivity (Wildman–Crippen MR) is 79.7 cm³/mol. The van der Waals surface area contributed by atoms with Crippen LogP contribution in [0.25, 0.3) is 0 Å². The van der Waals surface area contributed by atoms with Gasteiger partial charge < -0.3 is 15.8 Å². The molecule has 0 spiro atoms. The SMILES string of the molecule is COc1cccc(NC(C(N)=O)c2ccccc2C)c1. The Morgan fingerprint density at radius 2 is 1.95 bits per heavy atom. The van der Waals surface area contributed by atoms with Crippen molar-refractivity contribution in [2.75, 3.05) is 12.4 Å². The summed E-state index contributed by atoms with van der Waals surface area (Å²) >= 11 is 0. The summed E-state index contributed by atoms with van der Waals surface area (Å²) < 4.78 is 5.17. The molecule has 3 N–H and O–H groups in total. The Kier molecular flexibility index (Phi) is 4.25. The first-order valence-electron chi connectivity index (χ1n) is 6.37. The second-order valence-electron chi connectivity index (χ2n) is 4.57.